The van der Waals surface area contributed by atoms with Gasteiger partial charge in [-0.25, -0.2) is 0 Å². The number of aromatic hydroxyl groups is 1. The lowest BCUT2D eigenvalue weighted by atomic mass is 9.89. The third kappa shape index (κ3) is 7.11. The second-order valence-electron chi connectivity index (χ2n) is 8.61. The Labute approximate surface area is 203 Å². The fraction of sp³-hybridized carbons (Fsp3) is 0.440. The average Bonchev–Trinajstić information content (AvgIpc) is 2.81. The monoisotopic (exact) mass is 492 g/mol. The average molecular weight is 493 g/mol. The van der Waals surface area contributed by atoms with E-state index in [4.69, 9.17) is 4.74 Å². The van der Waals surface area contributed by atoms with E-state index in [2.05, 4.69) is 34.4 Å². The number of benzene rings is 2. The van der Waals surface area contributed by atoms with Crippen molar-refractivity contribution in [2.24, 2.45) is 4.99 Å². The highest BCUT2D eigenvalue weighted by atomic mass is 19.4. The number of phenolic OH excluding ortho intramolecular Hbond substituents is 1. The van der Waals surface area contributed by atoms with Crippen molar-refractivity contribution in [3.8, 4) is 11.5 Å². The molecule has 1 saturated heterocycles. The van der Waals surface area contributed by atoms with Crippen molar-refractivity contribution >= 4 is 23.5 Å². The van der Waals surface area contributed by atoms with E-state index in [9.17, 15) is 23.1 Å². The predicted octanol–water partition coefficient (Wildman–Crippen LogP) is 4.84. The number of ether oxygens (including phenoxy) is 1. The third-order valence-corrected chi connectivity index (χ3v) is 5.93. The smallest absolute Gasteiger partial charge is 0.405 e. The minimum absolute atomic E-state index is 0.0535. The maximum absolute atomic E-state index is 12.5. The summed E-state index contributed by atoms with van der Waals surface area (Å²) >= 11 is 0. The Hall–Kier alpha value is -3.27. The summed E-state index contributed by atoms with van der Waals surface area (Å²) in [7, 11) is 3.40. The molecule has 190 valence electrons. The number of nitrogens with one attached hydrogen (secondary N) is 2. The minimum Gasteiger partial charge on any atom is -0.507 e. The zero-order chi connectivity index (χ0) is 25.6. The SMILES string of the molecule is C/C=N\Cc1cc(C2CCCN(C)C2)ccc1Nc1cc(O)c(C(=O)NCC(F)(F)F)c(OC)c1. The highest BCUT2D eigenvalue weighted by Gasteiger charge is 2.29. The Balaban J connectivity index is 1.87. The number of halogens is 3. The van der Waals surface area contributed by atoms with Gasteiger partial charge in [-0.15, -0.1) is 0 Å². The predicted molar refractivity (Wildman–Crippen MR) is 130 cm³/mol. The van der Waals surface area contributed by atoms with E-state index in [0.29, 0.717) is 18.2 Å². The molecule has 0 spiro atoms. The van der Waals surface area contributed by atoms with Gasteiger partial charge in [0.2, 0.25) is 0 Å². The third-order valence-electron chi connectivity index (χ3n) is 5.93. The maximum Gasteiger partial charge on any atom is 0.405 e. The zero-order valence-electron chi connectivity index (χ0n) is 20.1. The molecule has 0 radical (unpaired) electrons. The number of likely N-dealkylation sites (N-methyl/N-ethyl adjacent to an activating group) is 1. The molecule has 2 aromatic rings. The Morgan fingerprint density at radius 1 is 1.31 bits per heavy atom. The molecule has 0 aromatic heterocycles. The second-order valence-corrected chi connectivity index (χ2v) is 8.61. The van der Waals surface area contributed by atoms with Gasteiger partial charge in [-0.05, 0) is 62.7 Å². The van der Waals surface area contributed by atoms with Gasteiger partial charge in [0.15, 0.2) is 0 Å². The van der Waals surface area contributed by atoms with Gasteiger partial charge in [0.1, 0.15) is 23.6 Å². The molecule has 0 bridgehead atoms. The number of anilines is 2. The Kier molecular flexibility index (Phi) is 8.61. The Morgan fingerprint density at radius 3 is 2.74 bits per heavy atom. The zero-order valence-corrected chi connectivity index (χ0v) is 20.1. The first-order valence-corrected chi connectivity index (χ1v) is 11.4. The van der Waals surface area contributed by atoms with Crippen LogP contribution in [0.3, 0.4) is 0 Å². The van der Waals surface area contributed by atoms with Crippen LogP contribution in [0.5, 0.6) is 11.5 Å². The first-order valence-electron chi connectivity index (χ1n) is 11.4. The molecule has 1 amide bonds. The van der Waals surface area contributed by atoms with Gasteiger partial charge >= 0.3 is 6.18 Å². The quantitative estimate of drug-likeness (QED) is 0.460. The molecule has 7 nitrogen and oxygen atoms in total. The van der Waals surface area contributed by atoms with Crippen LogP contribution in [0.4, 0.5) is 24.5 Å². The number of amides is 1. The van der Waals surface area contributed by atoms with Gasteiger partial charge < -0.3 is 25.4 Å². The van der Waals surface area contributed by atoms with Crippen LogP contribution in [-0.4, -0.2) is 62.1 Å². The summed E-state index contributed by atoms with van der Waals surface area (Å²) in [6.07, 6.45) is -0.577. The number of hydrogen-bond acceptors (Lipinski definition) is 6. The summed E-state index contributed by atoms with van der Waals surface area (Å²) < 4.78 is 42.6. The topological polar surface area (TPSA) is 86.2 Å². The van der Waals surface area contributed by atoms with Crippen LogP contribution < -0.4 is 15.4 Å². The van der Waals surface area contributed by atoms with Gasteiger partial charge in [0, 0.05) is 30.1 Å². The molecular formula is C25H31F3N4O3. The molecule has 1 atom stereocenters. The largest absolute Gasteiger partial charge is 0.507 e. The van der Waals surface area contributed by atoms with Crippen molar-refractivity contribution in [3.05, 3.63) is 47.0 Å². The van der Waals surface area contributed by atoms with Crippen molar-refractivity contribution < 1.29 is 27.8 Å². The van der Waals surface area contributed by atoms with Gasteiger partial charge in [-0.2, -0.15) is 13.2 Å². The minimum atomic E-state index is -4.57. The van der Waals surface area contributed by atoms with E-state index >= 15 is 0 Å². The van der Waals surface area contributed by atoms with Crippen LogP contribution in [0.25, 0.3) is 0 Å². The first-order chi connectivity index (χ1) is 16.6. The number of methoxy groups -OCH3 is 1. The standard InChI is InChI=1S/C25H31F3N4O3/c1-4-29-13-18-10-16(17-6-5-9-32(2)14-17)7-8-20(18)31-19-11-21(33)23(22(12-19)35-3)24(34)30-15-25(26,27)28/h4,7-8,10-12,17,31,33H,5-6,9,13-15H2,1-3H3,(H,30,34)/b29-4-. The number of rotatable bonds is 8. The van der Waals surface area contributed by atoms with E-state index < -0.39 is 24.4 Å². The number of aliphatic imine (C=N–C) groups is 1. The van der Waals surface area contributed by atoms with Crippen molar-refractivity contribution in [2.45, 2.75) is 38.4 Å². The van der Waals surface area contributed by atoms with E-state index in [1.54, 1.807) is 11.5 Å². The Morgan fingerprint density at radius 2 is 2.09 bits per heavy atom. The number of carbonyl (C=O) groups is 1. The molecule has 0 saturated carbocycles. The van der Waals surface area contributed by atoms with Crippen LogP contribution in [0.15, 0.2) is 35.3 Å². The maximum atomic E-state index is 12.5. The highest BCUT2D eigenvalue weighted by Crippen LogP contribution is 2.35. The van der Waals surface area contributed by atoms with Crippen LogP contribution in [0.1, 0.15) is 47.2 Å². The number of hydrogen-bond donors (Lipinski definition) is 3. The Bertz CT molecular complexity index is 1070. The molecule has 3 rings (SSSR count). The van der Waals surface area contributed by atoms with E-state index in [1.165, 1.54) is 24.8 Å². The molecule has 1 aliphatic rings. The number of carbonyl (C=O) groups excluding carboxylic acids is 1. The van der Waals surface area contributed by atoms with Crippen LogP contribution in [-0.2, 0) is 6.54 Å². The molecule has 1 aliphatic heterocycles. The molecule has 3 N–H and O–H groups in total. The van der Waals surface area contributed by atoms with Gasteiger partial charge in [-0.3, -0.25) is 9.79 Å². The number of alkyl halides is 3. The number of piperidine rings is 1. The van der Waals surface area contributed by atoms with Crippen molar-refractivity contribution in [1.29, 1.82) is 0 Å². The summed E-state index contributed by atoms with van der Waals surface area (Å²) in [5.41, 5.74) is 3.01. The lowest BCUT2D eigenvalue weighted by Crippen LogP contribution is -2.33. The highest BCUT2D eigenvalue weighted by molar-refractivity contribution is 6.00. The lowest BCUT2D eigenvalue weighted by molar-refractivity contribution is -0.123. The van der Waals surface area contributed by atoms with Gasteiger partial charge in [-0.1, -0.05) is 12.1 Å². The first kappa shape index (κ1) is 26.3. The molecular weight excluding hydrogens is 461 g/mol. The summed E-state index contributed by atoms with van der Waals surface area (Å²) in [6, 6.07) is 8.90. The molecule has 10 heteroatoms. The summed E-state index contributed by atoms with van der Waals surface area (Å²) in [5, 5.41) is 15.4. The number of phenols is 1. The molecule has 1 fully saturated rings. The normalized spacial score (nSPS) is 16.9. The van der Waals surface area contributed by atoms with E-state index in [0.717, 1.165) is 37.2 Å². The number of nitrogens with zero attached hydrogens (tertiary/aromatic N) is 2. The van der Waals surface area contributed by atoms with Crippen molar-refractivity contribution in [2.75, 3.05) is 39.1 Å². The van der Waals surface area contributed by atoms with Crippen molar-refractivity contribution in [3.63, 3.8) is 0 Å². The second kappa shape index (κ2) is 11.4. The van der Waals surface area contributed by atoms with Gasteiger partial charge in [0.25, 0.3) is 5.91 Å². The van der Waals surface area contributed by atoms with Crippen molar-refractivity contribution in [1.82, 2.24) is 10.2 Å². The molecule has 1 heterocycles. The number of likely N-dealkylation sites (tertiary alicyclic amines) is 1. The van der Waals surface area contributed by atoms with Crippen LogP contribution in [0.2, 0.25) is 0 Å². The molecule has 35 heavy (non-hydrogen) atoms. The molecule has 2 aromatic carbocycles. The van der Waals surface area contributed by atoms with E-state index in [1.807, 2.05) is 13.0 Å². The molecule has 0 aliphatic carbocycles. The van der Waals surface area contributed by atoms with E-state index in [-0.39, 0.29) is 11.3 Å². The fourth-order valence-electron chi connectivity index (χ4n) is 4.23. The molecule has 1 unspecified atom stereocenters. The summed E-state index contributed by atoms with van der Waals surface area (Å²) in [4.78, 5) is 19.0. The van der Waals surface area contributed by atoms with Gasteiger partial charge in [0.05, 0.1) is 13.7 Å². The summed E-state index contributed by atoms with van der Waals surface area (Å²) in [6.45, 7) is 2.87. The van der Waals surface area contributed by atoms with Crippen LogP contribution >= 0.6 is 0 Å². The fourth-order valence-corrected chi connectivity index (χ4v) is 4.23. The van der Waals surface area contributed by atoms with Crippen LogP contribution in [0, 0.1) is 0 Å². The lowest BCUT2D eigenvalue weighted by Gasteiger charge is -2.30. The summed E-state index contributed by atoms with van der Waals surface area (Å²) in [5.74, 6) is -1.20.